The summed E-state index contributed by atoms with van der Waals surface area (Å²) >= 11 is 0. The van der Waals surface area contributed by atoms with Gasteiger partial charge in [-0.2, -0.15) is 16.8 Å². The van der Waals surface area contributed by atoms with Crippen LogP contribution in [0.25, 0.3) is 32.7 Å². The fraction of sp³-hybridized carbons (Fsp3) is 0.0909. The van der Waals surface area contributed by atoms with Crippen LogP contribution >= 0.6 is 0 Å². The standard InChI is InChI=1S/C22H18O8S2/c1-29-15-5-7-17-13(11-15)3-9-19(31(23,24)25)21(17)22-18-8-6-16(30-2)12-14(18)4-10-20(22)32(26,27)28/h3-12H,1-2H3,(H,23,24,25)(H,26,27,28). The van der Waals surface area contributed by atoms with Crippen LogP contribution in [0.4, 0.5) is 0 Å². The van der Waals surface area contributed by atoms with Crippen LogP contribution in [0.3, 0.4) is 0 Å². The minimum absolute atomic E-state index is 0.0592. The predicted molar refractivity (Wildman–Crippen MR) is 120 cm³/mol. The molecule has 10 heteroatoms. The molecule has 0 heterocycles. The van der Waals surface area contributed by atoms with E-state index < -0.39 is 30.0 Å². The summed E-state index contributed by atoms with van der Waals surface area (Å²) in [7, 11) is -6.58. The largest absolute Gasteiger partial charge is 0.497 e. The van der Waals surface area contributed by atoms with Crippen LogP contribution in [0.2, 0.25) is 0 Å². The molecule has 166 valence electrons. The molecule has 0 bridgehead atoms. The molecule has 0 aromatic heterocycles. The molecule has 0 saturated carbocycles. The van der Waals surface area contributed by atoms with Gasteiger partial charge in [0.1, 0.15) is 21.3 Å². The molecule has 0 spiro atoms. The van der Waals surface area contributed by atoms with Gasteiger partial charge in [0.25, 0.3) is 20.2 Å². The van der Waals surface area contributed by atoms with Crippen molar-refractivity contribution in [1.29, 1.82) is 0 Å². The molecule has 0 aliphatic carbocycles. The maximum Gasteiger partial charge on any atom is 0.295 e. The van der Waals surface area contributed by atoms with Crippen molar-refractivity contribution < 1.29 is 35.4 Å². The van der Waals surface area contributed by atoms with Crippen LogP contribution in [0.5, 0.6) is 11.5 Å². The topological polar surface area (TPSA) is 127 Å². The first-order chi connectivity index (χ1) is 15.0. The Morgan fingerprint density at radius 2 is 0.969 bits per heavy atom. The van der Waals surface area contributed by atoms with Gasteiger partial charge in [0.05, 0.1) is 14.2 Å². The summed E-state index contributed by atoms with van der Waals surface area (Å²) in [5, 5.41) is 1.76. The first-order valence-electron chi connectivity index (χ1n) is 9.21. The lowest BCUT2D eigenvalue weighted by Crippen LogP contribution is -2.06. The van der Waals surface area contributed by atoms with Crippen molar-refractivity contribution in [1.82, 2.24) is 0 Å². The highest BCUT2D eigenvalue weighted by Crippen LogP contribution is 2.43. The minimum Gasteiger partial charge on any atom is -0.497 e. The van der Waals surface area contributed by atoms with E-state index in [0.717, 1.165) is 0 Å². The van der Waals surface area contributed by atoms with Crippen molar-refractivity contribution >= 4 is 41.8 Å². The van der Waals surface area contributed by atoms with E-state index in [0.29, 0.717) is 33.0 Å². The van der Waals surface area contributed by atoms with Crippen LogP contribution in [0, 0.1) is 0 Å². The van der Waals surface area contributed by atoms with Gasteiger partial charge in [0, 0.05) is 11.1 Å². The van der Waals surface area contributed by atoms with Crippen molar-refractivity contribution in [2.24, 2.45) is 0 Å². The van der Waals surface area contributed by atoms with Crippen LogP contribution in [-0.2, 0) is 20.2 Å². The number of ether oxygens (including phenoxy) is 2. The molecule has 32 heavy (non-hydrogen) atoms. The van der Waals surface area contributed by atoms with Crippen LogP contribution in [-0.4, -0.2) is 40.2 Å². The van der Waals surface area contributed by atoms with Gasteiger partial charge in [0.15, 0.2) is 0 Å². The summed E-state index contributed by atoms with van der Waals surface area (Å²) in [6.45, 7) is 0. The Balaban J connectivity index is 2.28. The molecule has 0 amide bonds. The van der Waals surface area contributed by atoms with Gasteiger partial charge in [-0.3, -0.25) is 9.11 Å². The second kappa shape index (κ2) is 7.75. The SMILES string of the molecule is COc1ccc2c(-c3c(S(=O)(=O)O)ccc4cc(OC)ccc34)c(S(=O)(=O)O)ccc2c1. The lowest BCUT2D eigenvalue weighted by atomic mass is 9.93. The third-order valence-electron chi connectivity index (χ3n) is 5.18. The number of methoxy groups -OCH3 is 2. The third kappa shape index (κ3) is 3.78. The summed E-state index contributed by atoms with van der Waals surface area (Å²) in [5.41, 5.74) is -0.118. The van der Waals surface area contributed by atoms with Gasteiger partial charge in [0.2, 0.25) is 0 Å². The number of hydrogen-bond acceptors (Lipinski definition) is 6. The molecule has 2 N–H and O–H groups in total. The Morgan fingerprint density at radius 3 is 1.28 bits per heavy atom. The summed E-state index contributed by atoms with van der Waals surface area (Å²) < 4.78 is 79.5. The van der Waals surface area contributed by atoms with E-state index in [1.807, 2.05) is 0 Å². The summed E-state index contributed by atoms with van der Waals surface area (Å²) in [6.07, 6.45) is 0. The van der Waals surface area contributed by atoms with Crippen LogP contribution in [0.15, 0.2) is 70.5 Å². The van der Waals surface area contributed by atoms with E-state index in [1.165, 1.54) is 38.5 Å². The first kappa shape index (κ1) is 22.0. The van der Waals surface area contributed by atoms with Crippen LogP contribution < -0.4 is 9.47 Å². The molecule has 8 nitrogen and oxygen atoms in total. The molecule has 0 aliphatic rings. The highest BCUT2D eigenvalue weighted by Gasteiger charge is 2.27. The van der Waals surface area contributed by atoms with Gasteiger partial charge in [-0.15, -0.1) is 0 Å². The molecule has 4 rings (SSSR count). The second-order valence-electron chi connectivity index (χ2n) is 7.00. The average molecular weight is 475 g/mol. The van der Waals surface area contributed by atoms with E-state index in [-0.39, 0.29) is 11.1 Å². The zero-order valence-electron chi connectivity index (χ0n) is 16.9. The number of rotatable bonds is 5. The van der Waals surface area contributed by atoms with Gasteiger partial charge in [-0.05, 0) is 57.9 Å². The Hall–Kier alpha value is -3.18. The molecule has 0 saturated heterocycles. The fourth-order valence-electron chi connectivity index (χ4n) is 3.78. The van der Waals surface area contributed by atoms with Crippen molar-refractivity contribution in [3.63, 3.8) is 0 Å². The van der Waals surface area contributed by atoms with Crippen molar-refractivity contribution in [2.75, 3.05) is 14.2 Å². The predicted octanol–water partition coefficient (Wildman–Crippen LogP) is 4.17. The monoisotopic (exact) mass is 474 g/mol. The third-order valence-corrected chi connectivity index (χ3v) is 6.98. The highest BCUT2D eigenvalue weighted by atomic mass is 32.2. The zero-order chi connectivity index (χ0) is 23.3. The quantitative estimate of drug-likeness (QED) is 0.413. The molecular formula is C22H18O8S2. The van der Waals surface area contributed by atoms with E-state index in [1.54, 1.807) is 36.4 Å². The van der Waals surface area contributed by atoms with Crippen molar-refractivity contribution in [3.05, 3.63) is 60.7 Å². The lowest BCUT2D eigenvalue weighted by Gasteiger charge is -2.17. The highest BCUT2D eigenvalue weighted by molar-refractivity contribution is 7.86. The smallest absolute Gasteiger partial charge is 0.295 e. The molecule has 4 aromatic carbocycles. The number of hydrogen-bond donors (Lipinski definition) is 2. The maximum atomic E-state index is 12.3. The molecule has 0 atom stereocenters. The zero-order valence-corrected chi connectivity index (χ0v) is 18.6. The summed E-state index contributed by atoms with van der Waals surface area (Å²) in [5.74, 6) is 1.00. The van der Waals surface area contributed by atoms with Crippen molar-refractivity contribution in [2.45, 2.75) is 9.79 Å². The van der Waals surface area contributed by atoms with E-state index in [4.69, 9.17) is 9.47 Å². The normalized spacial score (nSPS) is 12.2. The van der Waals surface area contributed by atoms with Gasteiger partial charge >= 0.3 is 0 Å². The maximum absolute atomic E-state index is 12.3. The molecule has 0 radical (unpaired) electrons. The van der Waals surface area contributed by atoms with Crippen molar-refractivity contribution in [3.8, 4) is 22.6 Å². The number of benzene rings is 4. The van der Waals surface area contributed by atoms with Crippen LogP contribution in [0.1, 0.15) is 0 Å². The van der Waals surface area contributed by atoms with E-state index in [2.05, 4.69) is 0 Å². The number of fused-ring (bicyclic) bond motifs is 2. The minimum atomic E-state index is -4.76. The fourth-order valence-corrected chi connectivity index (χ4v) is 5.20. The molecule has 4 aromatic rings. The second-order valence-corrected chi connectivity index (χ2v) is 9.78. The van der Waals surface area contributed by atoms with E-state index >= 15 is 0 Å². The molecular weight excluding hydrogens is 456 g/mol. The lowest BCUT2D eigenvalue weighted by molar-refractivity contribution is 0.415. The Labute approximate surface area is 184 Å². The molecule has 0 fully saturated rings. The Bertz CT molecular complexity index is 1470. The molecule has 0 aliphatic heterocycles. The molecule has 0 unspecified atom stereocenters. The first-order valence-corrected chi connectivity index (χ1v) is 12.1. The van der Waals surface area contributed by atoms with Gasteiger partial charge < -0.3 is 9.47 Å². The summed E-state index contributed by atoms with van der Waals surface area (Å²) in [4.78, 5) is -0.994. The van der Waals surface area contributed by atoms with Gasteiger partial charge in [-0.25, -0.2) is 0 Å². The van der Waals surface area contributed by atoms with Gasteiger partial charge in [-0.1, -0.05) is 24.3 Å². The Morgan fingerprint density at radius 1 is 0.594 bits per heavy atom. The average Bonchev–Trinajstić information content (AvgIpc) is 2.75. The van der Waals surface area contributed by atoms with E-state index in [9.17, 15) is 25.9 Å². The summed E-state index contributed by atoms with van der Waals surface area (Å²) in [6, 6.07) is 14.9. The Kier molecular flexibility index (Phi) is 5.33.